The third kappa shape index (κ3) is 3.76. The second-order valence-corrected chi connectivity index (χ2v) is 6.66. The van der Waals surface area contributed by atoms with Crippen LogP contribution in [0.2, 0.25) is 5.02 Å². The first-order valence-electron chi connectivity index (χ1n) is 8.46. The second-order valence-electron chi connectivity index (χ2n) is 6.23. The van der Waals surface area contributed by atoms with Gasteiger partial charge in [0.2, 0.25) is 0 Å². The fourth-order valence-electron chi connectivity index (χ4n) is 3.13. The van der Waals surface area contributed by atoms with Crippen molar-refractivity contribution in [1.82, 2.24) is 14.9 Å². The van der Waals surface area contributed by atoms with Gasteiger partial charge in [0.15, 0.2) is 0 Å². The molecule has 0 radical (unpaired) electrons. The van der Waals surface area contributed by atoms with Gasteiger partial charge in [0.1, 0.15) is 12.4 Å². The van der Waals surface area contributed by atoms with E-state index in [-0.39, 0.29) is 6.10 Å². The van der Waals surface area contributed by atoms with Crippen molar-refractivity contribution >= 4 is 11.6 Å². The van der Waals surface area contributed by atoms with E-state index in [1.165, 1.54) is 5.56 Å². The second kappa shape index (κ2) is 7.40. The minimum Gasteiger partial charge on any atom is -0.367 e. The van der Waals surface area contributed by atoms with Crippen LogP contribution < -0.4 is 5.32 Å². The van der Waals surface area contributed by atoms with Crippen LogP contribution in [-0.2, 0) is 24.4 Å². The van der Waals surface area contributed by atoms with E-state index in [4.69, 9.17) is 16.3 Å². The first-order valence-corrected chi connectivity index (χ1v) is 8.84. The van der Waals surface area contributed by atoms with E-state index >= 15 is 0 Å². The fourth-order valence-corrected chi connectivity index (χ4v) is 3.26. The average Bonchev–Trinajstić information content (AvgIpc) is 3.07. The molecule has 0 amide bonds. The van der Waals surface area contributed by atoms with Crippen LogP contribution in [0.5, 0.6) is 0 Å². The molecule has 4 rings (SSSR count). The van der Waals surface area contributed by atoms with Gasteiger partial charge < -0.3 is 14.6 Å². The zero-order valence-corrected chi connectivity index (χ0v) is 14.6. The maximum absolute atomic E-state index is 6.00. The first kappa shape index (κ1) is 16.3. The van der Waals surface area contributed by atoms with E-state index < -0.39 is 0 Å². The molecule has 4 nitrogen and oxygen atoms in total. The molecule has 0 aliphatic carbocycles. The van der Waals surface area contributed by atoms with Crippen LogP contribution >= 0.6 is 11.6 Å². The Morgan fingerprint density at radius 3 is 2.72 bits per heavy atom. The Hall–Kier alpha value is -2.14. The van der Waals surface area contributed by atoms with Gasteiger partial charge in [-0.1, -0.05) is 54.1 Å². The molecule has 1 atom stereocenters. The quantitative estimate of drug-likeness (QED) is 0.756. The van der Waals surface area contributed by atoms with Crippen LogP contribution in [0.4, 0.5) is 0 Å². The lowest BCUT2D eigenvalue weighted by atomic mass is 10.1. The number of aromatic nitrogens is 2. The summed E-state index contributed by atoms with van der Waals surface area (Å²) in [6.07, 6.45) is 2.05. The summed E-state index contributed by atoms with van der Waals surface area (Å²) in [6, 6.07) is 18.3. The molecular weight excluding hydrogens is 334 g/mol. The molecule has 0 saturated carbocycles. The summed E-state index contributed by atoms with van der Waals surface area (Å²) in [5.41, 5.74) is 3.52. The molecule has 1 N–H and O–H groups in total. The molecule has 2 aromatic carbocycles. The average molecular weight is 354 g/mol. The maximum Gasteiger partial charge on any atom is 0.135 e. The van der Waals surface area contributed by atoms with Crippen LogP contribution in [0.15, 0.2) is 60.8 Å². The number of imidazole rings is 1. The largest absolute Gasteiger partial charge is 0.367 e. The smallest absolute Gasteiger partial charge is 0.135 e. The molecule has 0 fully saturated rings. The van der Waals surface area contributed by atoms with E-state index in [2.05, 4.69) is 39.1 Å². The number of nitrogens with one attached hydrogen (secondary N) is 1. The van der Waals surface area contributed by atoms with Gasteiger partial charge in [-0.25, -0.2) is 4.98 Å². The molecule has 1 aromatic heterocycles. The molecule has 1 aliphatic heterocycles. The molecule has 2 heterocycles. The standard InChI is InChI=1S/C20H20ClN3O/c21-17-8-6-16(7-9-17)19-12-23-20-14-25-18(13-24(19)20)11-22-10-15-4-2-1-3-5-15/h1-9,12,18,22H,10-11,13-14H2. The normalized spacial score (nSPS) is 16.6. The molecular formula is C20H20ClN3O. The van der Waals surface area contributed by atoms with Gasteiger partial charge in [-0.3, -0.25) is 0 Å². The Labute approximate surface area is 152 Å². The zero-order valence-electron chi connectivity index (χ0n) is 13.9. The molecule has 0 bridgehead atoms. The molecule has 0 spiro atoms. The number of ether oxygens (including phenoxy) is 1. The van der Waals surface area contributed by atoms with Crippen LogP contribution in [0, 0.1) is 0 Å². The first-order chi connectivity index (χ1) is 12.3. The monoisotopic (exact) mass is 353 g/mol. The highest BCUT2D eigenvalue weighted by atomic mass is 35.5. The van der Waals surface area contributed by atoms with Gasteiger partial charge in [-0.15, -0.1) is 0 Å². The van der Waals surface area contributed by atoms with Crippen molar-refractivity contribution in [2.24, 2.45) is 0 Å². The van der Waals surface area contributed by atoms with Crippen molar-refractivity contribution in [3.63, 3.8) is 0 Å². The van der Waals surface area contributed by atoms with Crippen molar-refractivity contribution in [1.29, 1.82) is 0 Å². The van der Waals surface area contributed by atoms with E-state index in [9.17, 15) is 0 Å². The molecule has 128 valence electrons. The van der Waals surface area contributed by atoms with Crippen LogP contribution in [0.3, 0.4) is 0 Å². The number of halogens is 1. The maximum atomic E-state index is 6.00. The summed E-state index contributed by atoms with van der Waals surface area (Å²) in [7, 11) is 0. The third-order valence-electron chi connectivity index (χ3n) is 4.46. The SMILES string of the molecule is Clc1ccc(-c2cnc3n2CC(CNCc2ccccc2)OC3)cc1. The molecule has 3 aromatic rings. The Kier molecular flexibility index (Phi) is 4.83. The van der Waals surface area contributed by atoms with Gasteiger partial charge in [-0.05, 0) is 23.3 Å². The lowest BCUT2D eigenvalue weighted by molar-refractivity contribution is 0.00326. The van der Waals surface area contributed by atoms with E-state index in [1.54, 1.807) is 0 Å². The summed E-state index contributed by atoms with van der Waals surface area (Å²) >= 11 is 6.00. The minimum absolute atomic E-state index is 0.136. The number of fused-ring (bicyclic) bond motifs is 1. The topological polar surface area (TPSA) is 39.1 Å². The van der Waals surface area contributed by atoms with E-state index in [1.807, 2.05) is 36.5 Å². The highest BCUT2D eigenvalue weighted by Crippen LogP contribution is 2.26. The number of hydrogen-bond acceptors (Lipinski definition) is 3. The molecule has 1 unspecified atom stereocenters. The van der Waals surface area contributed by atoms with Gasteiger partial charge in [0.05, 0.1) is 24.5 Å². The van der Waals surface area contributed by atoms with Crippen molar-refractivity contribution < 1.29 is 4.74 Å². The lowest BCUT2D eigenvalue weighted by Gasteiger charge is -2.26. The van der Waals surface area contributed by atoms with Gasteiger partial charge in [-0.2, -0.15) is 0 Å². The highest BCUT2D eigenvalue weighted by Gasteiger charge is 2.22. The number of benzene rings is 2. The van der Waals surface area contributed by atoms with Crippen molar-refractivity contribution in [3.05, 3.63) is 77.2 Å². The summed E-state index contributed by atoms with van der Waals surface area (Å²) in [6.45, 7) is 3.01. The highest BCUT2D eigenvalue weighted by molar-refractivity contribution is 6.30. The Morgan fingerprint density at radius 1 is 1.12 bits per heavy atom. The van der Waals surface area contributed by atoms with Crippen molar-refractivity contribution in [3.8, 4) is 11.3 Å². The number of nitrogens with zero attached hydrogens (tertiary/aromatic N) is 2. The van der Waals surface area contributed by atoms with E-state index in [0.29, 0.717) is 6.61 Å². The lowest BCUT2D eigenvalue weighted by Crippen LogP contribution is -2.36. The third-order valence-corrected chi connectivity index (χ3v) is 4.71. The predicted octanol–water partition coefficient (Wildman–Crippen LogP) is 3.89. The molecule has 5 heteroatoms. The summed E-state index contributed by atoms with van der Waals surface area (Å²) in [5.74, 6) is 0.976. The zero-order chi connectivity index (χ0) is 17.1. The number of hydrogen-bond donors (Lipinski definition) is 1. The molecule has 25 heavy (non-hydrogen) atoms. The van der Waals surface area contributed by atoms with Crippen LogP contribution in [0.1, 0.15) is 11.4 Å². The molecule has 0 saturated heterocycles. The number of rotatable bonds is 5. The Bertz CT molecular complexity index is 830. The summed E-state index contributed by atoms with van der Waals surface area (Å²) < 4.78 is 8.20. The van der Waals surface area contributed by atoms with Gasteiger partial charge in [0.25, 0.3) is 0 Å². The van der Waals surface area contributed by atoms with Crippen LogP contribution in [0.25, 0.3) is 11.3 Å². The predicted molar refractivity (Wildman–Crippen MR) is 99.4 cm³/mol. The van der Waals surface area contributed by atoms with Crippen molar-refractivity contribution in [2.75, 3.05) is 6.54 Å². The summed E-state index contributed by atoms with van der Waals surface area (Å²) in [5, 5.41) is 4.23. The van der Waals surface area contributed by atoms with Gasteiger partial charge in [0, 0.05) is 18.1 Å². The van der Waals surface area contributed by atoms with Gasteiger partial charge >= 0.3 is 0 Å². The fraction of sp³-hybridized carbons (Fsp3) is 0.250. The molecule has 1 aliphatic rings. The Morgan fingerprint density at radius 2 is 1.92 bits per heavy atom. The van der Waals surface area contributed by atoms with Crippen LogP contribution in [-0.4, -0.2) is 22.2 Å². The minimum atomic E-state index is 0.136. The Balaban J connectivity index is 1.42. The van der Waals surface area contributed by atoms with Crippen molar-refractivity contribution in [2.45, 2.75) is 25.8 Å². The summed E-state index contributed by atoms with van der Waals surface area (Å²) in [4.78, 5) is 4.50. The van der Waals surface area contributed by atoms with E-state index in [0.717, 1.165) is 41.7 Å².